The van der Waals surface area contributed by atoms with Crippen LogP contribution in [-0.4, -0.2) is 37.4 Å². The molecule has 5 nitrogen and oxygen atoms in total. The van der Waals surface area contributed by atoms with Gasteiger partial charge in [0.2, 0.25) is 0 Å². The molecule has 33 heavy (non-hydrogen) atoms. The summed E-state index contributed by atoms with van der Waals surface area (Å²) in [5.74, 6) is 1.63. The molecule has 0 fully saturated rings. The van der Waals surface area contributed by atoms with E-state index in [9.17, 15) is 4.39 Å². The maximum absolute atomic E-state index is 13.3. The van der Waals surface area contributed by atoms with Gasteiger partial charge in [-0.05, 0) is 84.4 Å². The zero-order valence-electron chi connectivity index (χ0n) is 18.3. The van der Waals surface area contributed by atoms with E-state index in [0.29, 0.717) is 35.5 Å². The van der Waals surface area contributed by atoms with E-state index in [-0.39, 0.29) is 11.9 Å². The fourth-order valence-electron chi connectivity index (χ4n) is 3.92. The molecule has 0 spiro atoms. The zero-order valence-corrected chi connectivity index (χ0v) is 20.7. The summed E-state index contributed by atoms with van der Waals surface area (Å²) in [4.78, 5) is 2.12. The van der Waals surface area contributed by atoms with Gasteiger partial charge in [-0.2, -0.15) is 0 Å². The molecule has 1 heterocycles. The lowest BCUT2D eigenvalue weighted by Gasteiger charge is -2.39. The molecule has 0 saturated heterocycles. The molecule has 0 amide bonds. The Morgan fingerprint density at radius 1 is 1.09 bits per heavy atom. The first-order valence-corrected chi connectivity index (χ1v) is 11.6. The minimum atomic E-state index is -0.303. The predicted molar refractivity (Wildman–Crippen MR) is 135 cm³/mol. The predicted octanol–water partition coefficient (Wildman–Crippen LogP) is 5.98. The molecule has 0 aliphatic carbocycles. The van der Waals surface area contributed by atoms with Gasteiger partial charge in [-0.25, -0.2) is 4.39 Å². The lowest BCUT2D eigenvalue weighted by atomic mass is 9.92. The van der Waals surface area contributed by atoms with E-state index in [1.54, 1.807) is 26.4 Å². The quantitative estimate of drug-likeness (QED) is 0.395. The van der Waals surface area contributed by atoms with Crippen molar-refractivity contribution >= 4 is 38.9 Å². The van der Waals surface area contributed by atoms with Crippen LogP contribution in [0.4, 0.5) is 10.1 Å². The van der Waals surface area contributed by atoms with E-state index in [1.807, 2.05) is 36.4 Å². The normalized spacial score (nSPS) is 14.9. The third-order valence-corrected chi connectivity index (χ3v) is 6.39. The van der Waals surface area contributed by atoms with E-state index < -0.39 is 0 Å². The second kappa shape index (κ2) is 10.4. The van der Waals surface area contributed by atoms with Gasteiger partial charge >= 0.3 is 0 Å². The Balaban J connectivity index is 1.64. The Morgan fingerprint density at radius 2 is 1.82 bits per heavy atom. The van der Waals surface area contributed by atoms with Crippen LogP contribution in [0.1, 0.15) is 17.2 Å². The van der Waals surface area contributed by atoms with Gasteiger partial charge in [-0.1, -0.05) is 22.0 Å². The number of anilines is 1. The van der Waals surface area contributed by atoms with Gasteiger partial charge in [0, 0.05) is 16.7 Å². The summed E-state index contributed by atoms with van der Waals surface area (Å²) in [5, 5.41) is 3.93. The summed E-state index contributed by atoms with van der Waals surface area (Å²) in [6.07, 6.45) is 0.795. The molecular weight excluding hydrogens is 507 g/mol. The van der Waals surface area contributed by atoms with Crippen molar-refractivity contribution in [2.24, 2.45) is 0 Å². The molecule has 8 heteroatoms. The summed E-state index contributed by atoms with van der Waals surface area (Å²) in [5.41, 5.74) is 3.10. The number of hydrogen-bond acceptors (Lipinski definition) is 4. The van der Waals surface area contributed by atoms with Crippen molar-refractivity contribution < 1.29 is 18.6 Å². The lowest BCUT2D eigenvalue weighted by molar-refractivity contribution is 0.190. The van der Waals surface area contributed by atoms with Crippen molar-refractivity contribution in [1.29, 1.82) is 0 Å². The van der Waals surface area contributed by atoms with Gasteiger partial charge in [-0.3, -0.25) is 0 Å². The van der Waals surface area contributed by atoms with Gasteiger partial charge in [0.25, 0.3) is 0 Å². The number of thiocarbonyl (C=S) groups is 1. The maximum atomic E-state index is 13.3. The van der Waals surface area contributed by atoms with Gasteiger partial charge < -0.3 is 24.4 Å². The number of methoxy groups -OCH3 is 2. The Bertz CT molecular complexity index is 1140. The molecule has 0 bridgehead atoms. The highest BCUT2D eigenvalue weighted by molar-refractivity contribution is 9.10. The highest BCUT2D eigenvalue weighted by Crippen LogP contribution is 2.38. The second-order valence-corrected chi connectivity index (χ2v) is 8.87. The van der Waals surface area contributed by atoms with Crippen LogP contribution >= 0.6 is 28.1 Å². The first-order valence-electron chi connectivity index (χ1n) is 10.4. The average molecular weight is 531 g/mol. The molecule has 0 aromatic heterocycles. The zero-order chi connectivity index (χ0) is 23.4. The van der Waals surface area contributed by atoms with Crippen LogP contribution in [0, 0.1) is 5.82 Å². The fourth-order valence-corrected chi connectivity index (χ4v) is 4.65. The lowest BCUT2D eigenvalue weighted by Crippen LogP contribution is -2.44. The van der Waals surface area contributed by atoms with Crippen LogP contribution in [0.25, 0.3) is 0 Å². The minimum Gasteiger partial charge on any atom is -0.493 e. The topological polar surface area (TPSA) is 43.0 Å². The smallest absolute Gasteiger partial charge is 0.174 e. The average Bonchev–Trinajstić information content (AvgIpc) is 2.82. The molecule has 3 aromatic rings. The van der Waals surface area contributed by atoms with Crippen molar-refractivity contribution in [3.8, 4) is 17.2 Å². The standard InChI is InChI=1S/C25H24BrFN2O3S/c1-30-23-12-16-10-11-29(25(33)28-19-5-3-4-17(26)13-19)22(21(16)14-24(23)31-2)15-32-20-8-6-18(27)7-9-20/h3-9,12-14,22H,10-11,15H2,1-2H3,(H,28,33)/t22-/m1/s1. The van der Waals surface area contributed by atoms with Crippen LogP contribution in [0.3, 0.4) is 0 Å². The van der Waals surface area contributed by atoms with Gasteiger partial charge in [0.1, 0.15) is 18.2 Å². The summed E-state index contributed by atoms with van der Waals surface area (Å²) < 4.78 is 31.4. The third-order valence-electron chi connectivity index (χ3n) is 5.56. The molecule has 172 valence electrons. The molecule has 1 aliphatic rings. The van der Waals surface area contributed by atoms with Crippen molar-refractivity contribution in [1.82, 2.24) is 4.90 Å². The molecule has 0 unspecified atom stereocenters. The number of benzene rings is 3. The monoisotopic (exact) mass is 530 g/mol. The van der Waals surface area contributed by atoms with E-state index in [0.717, 1.165) is 27.7 Å². The number of ether oxygens (including phenoxy) is 3. The molecule has 0 saturated carbocycles. The Morgan fingerprint density at radius 3 is 2.52 bits per heavy atom. The summed E-state index contributed by atoms with van der Waals surface area (Å²) in [6, 6.07) is 17.7. The van der Waals surface area contributed by atoms with Crippen LogP contribution in [0.2, 0.25) is 0 Å². The number of halogens is 2. The number of nitrogens with one attached hydrogen (secondary N) is 1. The van der Waals surface area contributed by atoms with Gasteiger partial charge in [-0.15, -0.1) is 0 Å². The van der Waals surface area contributed by atoms with Crippen molar-refractivity contribution in [2.45, 2.75) is 12.5 Å². The molecule has 1 aliphatic heterocycles. The number of rotatable bonds is 6. The van der Waals surface area contributed by atoms with Gasteiger partial charge in [0.15, 0.2) is 16.6 Å². The van der Waals surface area contributed by atoms with Crippen LogP contribution in [-0.2, 0) is 6.42 Å². The minimum absolute atomic E-state index is 0.175. The Kier molecular flexibility index (Phi) is 7.35. The number of nitrogens with zero attached hydrogens (tertiary/aromatic N) is 1. The van der Waals surface area contributed by atoms with Crippen molar-refractivity contribution in [2.75, 3.05) is 32.7 Å². The molecule has 3 aromatic carbocycles. The van der Waals surface area contributed by atoms with Crippen LogP contribution in [0.15, 0.2) is 65.1 Å². The third kappa shape index (κ3) is 5.39. The summed E-state index contributed by atoms with van der Waals surface area (Å²) >= 11 is 9.30. The van der Waals surface area contributed by atoms with E-state index in [4.69, 9.17) is 26.4 Å². The van der Waals surface area contributed by atoms with Crippen LogP contribution < -0.4 is 19.5 Å². The van der Waals surface area contributed by atoms with Gasteiger partial charge in [0.05, 0.1) is 20.3 Å². The largest absolute Gasteiger partial charge is 0.493 e. The Labute approximate surface area is 206 Å². The fraction of sp³-hybridized carbons (Fsp3) is 0.240. The summed E-state index contributed by atoms with van der Waals surface area (Å²) in [7, 11) is 3.25. The first kappa shape index (κ1) is 23.3. The van der Waals surface area contributed by atoms with E-state index in [2.05, 4.69) is 26.1 Å². The number of hydrogen-bond donors (Lipinski definition) is 1. The maximum Gasteiger partial charge on any atom is 0.174 e. The van der Waals surface area contributed by atoms with Crippen molar-refractivity contribution in [3.63, 3.8) is 0 Å². The second-order valence-electron chi connectivity index (χ2n) is 7.57. The highest BCUT2D eigenvalue weighted by atomic mass is 79.9. The summed E-state index contributed by atoms with van der Waals surface area (Å²) in [6.45, 7) is 1.04. The Hall–Kier alpha value is -2.84. The number of fused-ring (bicyclic) bond motifs is 1. The molecular formula is C25H24BrFN2O3S. The van der Waals surface area contributed by atoms with Crippen molar-refractivity contribution in [3.05, 3.63) is 82.1 Å². The molecule has 1 N–H and O–H groups in total. The van der Waals surface area contributed by atoms with E-state index in [1.165, 1.54) is 12.1 Å². The SMILES string of the molecule is COc1cc2c(cc1OC)[C@@H](COc1ccc(F)cc1)N(C(=S)Nc1cccc(Br)c1)CC2. The molecule has 0 radical (unpaired) electrons. The van der Waals surface area contributed by atoms with Crippen LogP contribution in [0.5, 0.6) is 17.2 Å². The highest BCUT2D eigenvalue weighted by Gasteiger charge is 2.31. The van der Waals surface area contributed by atoms with E-state index >= 15 is 0 Å². The molecule has 4 rings (SSSR count). The first-order chi connectivity index (χ1) is 16.0. The molecule has 1 atom stereocenters.